The summed E-state index contributed by atoms with van der Waals surface area (Å²) in [7, 11) is 4.73. The Morgan fingerprint density at radius 3 is 2.54 bits per heavy atom. The number of aliphatic hydroxyl groups is 1. The van der Waals surface area contributed by atoms with E-state index in [1.54, 1.807) is 33.5 Å². The van der Waals surface area contributed by atoms with Crippen molar-refractivity contribution in [2.75, 3.05) is 46.3 Å². The number of amides is 2. The number of aryl methyl sites for hydroxylation is 1. The van der Waals surface area contributed by atoms with Crippen LogP contribution in [0.2, 0.25) is 0 Å². The number of rotatable bonds is 11. The zero-order valence-corrected chi connectivity index (χ0v) is 27.7. The highest BCUT2D eigenvalue weighted by Gasteiger charge is 2.43. The van der Waals surface area contributed by atoms with E-state index in [4.69, 9.17) is 14.2 Å². The van der Waals surface area contributed by atoms with Gasteiger partial charge in [0, 0.05) is 44.5 Å². The Hall–Kier alpha value is -3.79. The maximum absolute atomic E-state index is 13.5. The molecule has 2 amide bonds. The molecule has 2 aromatic rings. The van der Waals surface area contributed by atoms with E-state index >= 15 is 0 Å². The van der Waals surface area contributed by atoms with Crippen molar-refractivity contribution in [1.29, 1.82) is 0 Å². The molecule has 5 rings (SSSR count). The predicted octanol–water partition coefficient (Wildman–Crippen LogP) is 4.99. The van der Waals surface area contributed by atoms with Gasteiger partial charge in [0.15, 0.2) is 11.5 Å². The van der Waals surface area contributed by atoms with Gasteiger partial charge in [-0.15, -0.1) is 0 Å². The summed E-state index contributed by atoms with van der Waals surface area (Å²) < 4.78 is 17.1. The monoisotopic (exact) mass is 635 g/mol. The molecule has 0 aromatic heterocycles. The van der Waals surface area contributed by atoms with E-state index in [9.17, 15) is 19.5 Å². The number of anilines is 1. The Labute approximate surface area is 271 Å². The van der Waals surface area contributed by atoms with Crippen molar-refractivity contribution in [1.82, 2.24) is 10.2 Å². The predicted molar refractivity (Wildman–Crippen MR) is 178 cm³/mol. The van der Waals surface area contributed by atoms with E-state index in [0.717, 1.165) is 67.2 Å². The third-order valence-corrected chi connectivity index (χ3v) is 10.1. The van der Waals surface area contributed by atoms with Crippen LogP contribution < -0.4 is 30.3 Å². The summed E-state index contributed by atoms with van der Waals surface area (Å²) in [6.07, 6.45) is 8.97. The molecule has 0 bridgehead atoms. The number of ether oxygens (including phenoxy) is 3. The molecule has 3 atom stereocenters. The number of fused-ring (bicyclic) bond motifs is 4. The molecule has 1 heterocycles. The highest BCUT2D eigenvalue weighted by molar-refractivity contribution is 5.83. The van der Waals surface area contributed by atoms with Crippen LogP contribution in [0.3, 0.4) is 0 Å². The number of methoxy groups -OCH3 is 3. The molecule has 2 aliphatic carbocycles. The van der Waals surface area contributed by atoms with Crippen molar-refractivity contribution < 1.29 is 28.9 Å². The topological polar surface area (TPSA) is 126 Å². The lowest BCUT2D eigenvalue weighted by atomic mass is 9.71. The fourth-order valence-corrected chi connectivity index (χ4v) is 7.61. The molecule has 2 fully saturated rings. The van der Waals surface area contributed by atoms with E-state index in [-0.39, 0.29) is 29.2 Å². The number of nitrogens with one attached hydrogen (secondary N) is 2. The first-order valence-corrected chi connectivity index (χ1v) is 16.7. The van der Waals surface area contributed by atoms with Crippen LogP contribution in [0.25, 0.3) is 11.1 Å². The number of nitrogens with zero attached hydrogens (tertiary/aromatic N) is 1. The normalized spacial score (nSPS) is 22.0. The van der Waals surface area contributed by atoms with Crippen LogP contribution in [0.4, 0.5) is 5.69 Å². The zero-order chi connectivity index (χ0) is 32.8. The second-order valence-electron chi connectivity index (χ2n) is 13.0. The summed E-state index contributed by atoms with van der Waals surface area (Å²) >= 11 is 0. The van der Waals surface area contributed by atoms with E-state index in [1.807, 2.05) is 17.0 Å². The van der Waals surface area contributed by atoms with Crippen molar-refractivity contribution in [3.8, 4) is 28.4 Å². The molecule has 3 aliphatic rings. The fourth-order valence-electron chi connectivity index (χ4n) is 7.61. The van der Waals surface area contributed by atoms with Gasteiger partial charge >= 0.3 is 0 Å². The van der Waals surface area contributed by atoms with Gasteiger partial charge in [-0.2, -0.15) is 0 Å². The van der Waals surface area contributed by atoms with Crippen LogP contribution in [0.5, 0.6) is 17.2 Å². The van der Waals surface area contributed by atoms with Crippen molar-refractivity contribution in [2.24, 2.45) is 5.92 Å². The molecule has 0 spiro atoms. The SMILES string of the molecule is COc1cc2c(c(OC)c1OC)-c1ccc(NCCCCCC(=O)N3CCC4(O)CCCCC4C3)c(=O)cc1C(NC(C)=O)CC2. The van der Waals surface area contributed by atoms with Gasteiger partial charge in [0.25, 0.3) is 0 Å². The molecule has 250 valence electrons. The number of hydrogen-bond donors (Lipinski definition) is 3. The first-order valence-electron chi connectivity index (χ1n) is 16.7. The Bertz CT molecular complexity index is 1500. The fraction of sp³-hybridized carbons (Fsp3) is 0.583. The van der Waals surface area contributed by atoms with E-state index in [0.29, 0.717) is 68.3 Å². The van der Waals surface area contributed by atoms with E-state index < -0.39 is 5.60 Å². The van der Waals surface area contributed by atoms with E-state index in [2.05, 4.69) is 10.6 Å². The third-order valence-electron chi connectivity index (χ3n) is 10.1. The molecule has 10 heteroatoms. The maximum atomic E-state index is 13.5. The average molecular weight is 636 g/mol. The molecule has 10 nitrogen and oxygen atoms in total. The number of hydrogen-bond acceptors (Lipinski definition) is 8. The maximum Gasteiger partial charge on any atom is 0.222 e. The van der Waals surface area contributed by atoms with Crippen LogP contribution in [0, 0.1) is 5.92 Å². The number of likely N-dealkylation sites (tertiary alicyclic amines) is 1. The summed E-state index contributed by atoms with van der Waals surface area (Å²) in [6, 6.07) is 6.90. The van der Waals surface area contributed by atoms with Crippen LogP contribution >= 0.6 is 0 Å². The molecule has 1 aliphatic heterocycles. The molecular formula is C36H49N3O7. The van der Waals surface area contributed by atoms with Crippen molar-refractivity contribution in [3.05, 3.63) is 45.6 Å². The molecule has 3 unspecified atom stereocenters. The van der Waals surface area contributed by atoms with E-state index in [1.165, 1.54) is 6.92 Å². The first-order chi connectivity index (χ1) is 22.2. The lowest BCUT2D eigenvalue weighted by molar-refractivity contribution is -0.143. The van der Waals surface area contributed by atoms with Crippen molar-refractivity contribution >= 4 is 17.5 Å². The van der Waals surface area contributed by atoms with Gasteiger partial charge in [-0.3, -0.25) is 14.4 Å². The first kappa shape index (κ1) is 33.6. The lowest BCUT2D eigenvalue weighted by Gasteiger charge is -2.47. The van der Waals surface area contributed by atoms with Crippen LogP contribution in [0.1, 0.15) is 88.3 Å². The molecule has 1 saturated heterocycles. The van der Waals surface area contributed by atoms with Crippen molar-refractivity contribution in [2.45, 2.75) is 89.2 Å². The third kappa shape index (κ3) is 7.12. The summed E-state index contributed by atoms with van der Waals surface area (Å²) in [5.41, 5.74) is 3.04. The summed E-state index contributed by atoms with van der Waals surface area (Å²) in [4.78, 5) is 40.6. The van der Waals surface area contributed by atoms with Gasteiger partial charge in [-0.05, 0) is 79.8 Å². The Morgan fingerprint density at radius 2 is 1.80 bits per heavy atom. The number of benzene rings is 1. The number of carbonyl (C=O) groups excluding carboxylic acids is 2. The van der Waals surface area contributed by atoms with Crippen molar-refractivity contribution in [3.63, 3.8) is 0 Å². The molecule has 46 heavy (non-hydrogen) atoms. The largest absolute Gasteiger partial charge is 0.493 e. The minimum Gasteiger partial charge on any atom is -0.493 e. The number of piperidine rings is 1. The second kappa shape index (κ2) is 14.8. The summed E-state index contributed by atoms with van der Waals surface area (Å²) in [5.74, 6) is 1.75. The quantitative estimate of drug-likeness (QED) is 0.295. The van der Waals surface area contributed by atoms with Gasteiger partial charge in [-0.1, -0.05) is 25.3 Å². The van der Waals surface area contributed by atoms with Gasteiger partial charge in [-0.25, -0.2) is 0 Å². The minimum absolute atomic E-state index is 0.164. The second-order valence-corrected chi connectivity index (χ2v) is 13.0. The summed E-state index contributed by atoms with van der Waals surface area (Å²) in [5, 5.41) is 17.3. The Balaban J connectivity index is 1.26. The van der Waals surface area contributed by atoms with Gasteiger partial charge in [0.1, 0.15) is 0 Å². The smallest absolute Gasteiger partial charge is 0.222 e. The van der Waals surface area contributed by atoms with Gasteiger partial charge < -0.3 is 34.9 Å². The summed E-state index contributed by atoms with van der Waals surface area (Å²) in [6.45, 7) is 3.40. The highest BCUT2D eigenvalue weighted by Crippen LogP contribution is 2.50. The number of unbranched alkanes of at least 4 members (excludes halogenated alkanes) is 2. The van der Waals surface area contributed by atoms with Crippen LogP contribution in [-0.4, -0.2) is 68.4 Å². The Morgan fingerprint density at radius 1 is 1.00 bits per heavy atom. The molecule has 3 N–H and O–H groups in total. The highest BCUT2D eigenvalue weighted by atomic mass is 16.5. The zero-order valence-electron chi connectivity index (χ0n) is 27.7. The molecule has 0 radical (unpaired) electrons. The minimum atomic E-state index is -0.575. The van der Waals surface area contributed by atoms with Gasteiger partial charge in [0.2, 0.25) is 23.0 Å². The Kier molecular flexibility index (Phi) is 10.8. The molecule has 1 saturated carbocycles. The average Bonchev–Trinajstić information content (AvgIpc) is 3.29. The lowest BCUT2D eigenvalue weighted by Crippen LogP contribution is -2.54. The standard InChI is InChI=1S/C36H49N3O7/c1-23(40)38-28-14-12-24-20-31(44-2)34(45-3)35(46-4)33(24)26-13-15-29(30(41)21-27(26)28)37-18-9-5-6-11-32(42)39-19-17-36(43)16-8-7-10-25(36)22-39/h13,15,20-21,25,28,43H,5-12,14,16-19,22H2,1-4H3,(H,37,41)(H,38,40). The van der Waals surface area contributed by atoms with Crippen LogP contribution in [0.15, 0.2) is 29.1 Å². The van der Waals surface area contributed by atoms with Gasteiger partial charge in [0.05, 0.1) is 38.7 Å². The molecule has 2 aromatic carbocycles. The molecular weight excluding hydrogens is 586 g/mol. The number of carbonyl (C=O) groups is 2. The van der Waals surface area contributed by atoms with Crippen LogP contribution in [-0.2, 0) is 16.0 Å².